The summed E-state index contributed by atoms with van der Waals surface area (Å²) in [4.78, 5) is 22.4. The minimum absolute atomic E-state index is 0.103. The SMILES string of the molecule is COc1ccc(CN(CC(=O)O)CC(=O)O)c(F)c1. The van der Waals surface area contributed by atoms with Gasteiger partial charge >= 0.3 is 11.9 Å². The average molecular weight is 271 g/mol. The van der Waals surface area contributed by atoms with E-state index in [1.165, 1.54) is 19.2 Å². The zero-order valence-corrected chi connectivity index (χ0v) is 10.3. The van der Waals surface area contributed by atoms with Gasteiger partial charge in [0, 0.05) is 18.2 Å². The fraction of sp³-hybridized carbons (Fsp3) is 0.333. The minimum atomic E-state index is -1.17. The van der Waals surface area contributed by atoms with Crippen LogP contribution >= 0.6 is 0 Å². The summed E-state index contributed by atoms with van der Waals surface area (Å²) in [6, 6.07) is 4.12. The summed E-state index contributed by atoms with van der Waals surface area (Å²) < 4.78 is 18.5. The van der Waals surface area contributed by atoms with Gasteiger partial charge in [0.1, 0.15) is 11.6 Å². The summed E-state index contributed by atoms with van der Waals surface area (Å²) in [6.07, 6.45) is 0. The van der Waals surface area contributed by atoms with Crippen molar-refractivity contribution in [3.63, 3.8) is 0 Å². The molecule has 0 saturated carbocycles. The second-order valence-electron chi connectivity index (χ2n) is 3.89. The van der Waals surface area contributed by atoms with Crippen LogP contribution in [0.4, 0.5) is 4.39 Å². The van der Waals surface area contributed by atoms with Crippen LogP contribution in [0.15, 0.2) is 18.2 Å². The molecule has 1 rings (SSSR count). The lowest BCUT2D eigenvalue weighted by molar-refractivity contribution is -0.142. The molecule has 7 heteroatoms. The van der Waals surface area contributed by atoms with E-state index in [4.69, 9.17) is 14.9 Å². The van der Waals surface area contributed by atoms with Gasteiger partial charge in [-0.3, -0.25) is 14.5 Å². The lowest BCUT2D eigenvalue weighted by atomic mass is 10.2. The van der Waals surface area contributed by atoms with Crippen LogP contribution in [-0.4, -0.2) is 47.3 Å². The Kier molecular flexibility index (Phi) is 5.25. The van der Waals surface area contributed by atoms with E-state index < -0.39 is 30.8 Å². The van der Waals surface area contributed by atoms with E-state index in [2.05, 4.69) is 0 Å². The molecule has 1 aromatic rings. The van der Waals surface area contributed by atoms with Crippen LogP contribution in [-0.2, 0) is 16.1 Å². The van der Waals surface area contributed by atoms with E-state index in [-0.39, 0.29) is 12.1 Å². The number of carbonyl (C=O) groups is 2. The highest BCUT2D eigenvalue weighted by Gasteiger charge is 2.16. The van der Waals surface area contributed by atoms with Crippen molar-refractivity contribution < 1.29 is 28.9 Å². The van der Waals surface area contributed by atoms with Crippen molar-refractivity contribution in [3.05, 3.63) is 29.6 Å². The number of halogens is 1. The first-order valence-electron chi connectivity index (χ1n) is 5.40. The van der Waals surface area contributed by atoms with Gasteiger partial charge in [-0.1, -0.05) is 6.07 Å². The van der Waals surface area contributed by atoms with Gasteiger partial charge in [-0.05, 0) is 6.07 Å². The van der Waals surface area contributed by atoms with Crippen molar-refractivity contribution in [2.24, 2.45) is 0 Å². The maximum absolute atomic E-state index is 13.7. The third kappa shape index (κ3) is 4.92. The molecule has 6 nitrogen and oxygen atoms in total. The molecule has 0 aliphatic carbocycles. The normalized spacial score (nSPS) is 10.5. The zero-order valence-electron chi connectivity index (χ0n) is 10.3. The third-order valence-corrected chi connectivity index (χ3v) is 2.37. The Morgan fingerprint density at radius 2 is 1.84 bits per heavy atom. The predicted molar refractivity (Wildman–Crippen MR) is 63.5 cm³/mol. The average Bonchev–Trinajstić information content (AvgIpc) is 2.30. The second kappa shape index (κ2) is 6.69. The fourth-order valence-corrected chi connectivity index (χ4v) is 1.57. The molecular formula is C12H14FNO5. The molecule has 1 aromatic carbocycles. The number of methoxy groups -OCH3 is 1. The lowest BCUT2D eigenvalue weighted by Gasteiger charge is -2.18. The molecule has 0 radical (unpaired) electrons. The summed E-state index contributed by atoms with van der Waals surface area (Å²) >= 11 is 0. The lowest BCUT2D eigenvalue weighted by Crippen LogP contribution is -2.34. The van der Waals surface area contributed by atoms with Crippen molar-refractivity contribution in [1.82, 2.24) is 4.90 Å². The minimum Gasteiger partial charge on any atom is -0.497 e. The fourth-order valence-electron chi connectivity index (χ4n) is 1.57. The zero-order chi connectivity index (χ0) is 14.4. The molecule has 0 unspecified atom stereocenters. The number of nitrogens with zero attached hydrogens (tertiary/aromatic N) is 1. The second-order valence-corrected chi connectivity index (χ2v) is 3.89. The Morgan fingerprint density at radius 1 is 1.26 bits per heavy atom. The van der Waals surface area contributed by atoms with Crippen molar-refractivity contribution in [2.45, 2.75) is 6.54 Å². The maximum Gasteiger partial charge on any atom is 0.317 e. The van der Waals surface area contributed by atoms with Crippen LogP contribution in [0.1, 0.15) is 5.56 Å². The smallest absolute Gasteiger partial charge is 0.317 e. The Labute approximate surface area is 109 Å². The molecule has 0 aliphatic heterocycles. The van der Waals surface area contributed by atoms with Gasteiger partial charge in [-0.15, -0.1) is 0 Å². The molecule has 19 heavy (non-hydrogen) atoms. The van der Waals surface area contributed by atoms with Gasteiger partial charge in [0.15, 0.2) is 0 Å². The Bertz CT molecular complexity index is 461. The van der Waals surface area contributed by atoms with Gasteiger partial charge in [-0.25, -0.2) is 4.39 Å². The number of hydrogen-bond donors (Lipinski definition) is 2. The molecule has 0 fully saturated rings. The molecule has 0 aliphatic rings. The first-order valence-corrected chi connectivity index (χ1v) is 5.40. The Balaban J connectivity index is 2.83. The van der Waals surface area contributed by atoms with E-state index >= 15 is 0 Å². The van der Waals surface area contributed by atoms with Crippen LogP contribution in [0.3, 0.4) is 0 Å². The summed E-state index contributed by atoms with van der Waals surface area (Å²) in [5, 5.41) is 17.4. The first-order chi connectivity index (χ1) is 8.92. The van der Waals surface area contributed by atoms with Gasteiger partial charge in [0.2, 0.25) is 0 Å². The van der Waals surface area contributed by atoms with Crippen LogP contribution < -0.4 is 4.74 Å². The quantitative estimate of drug-likeness (QED) is 0.763. The molecule has 0 heterocycles. The Morgan fingerprint density at radius 3 is 2.26 bits per heavy atom. The highest BCUT2D eigenvalue weighted by molar-refractivity contribution is 5.72. The number of hydrogen-bond acceptors (Lipinski definition) is 4. The van der Waals surface area contributed by atoms with Gasteiger partial charge in [-0.2, -0.15) is 0 Å². The molecule has 2 N–H and O–H groups in total. The number of carboxylic acid groups (broad SMARTS) is 2. The van der Waals surface area contributed by atoms with Crippen molar-refractivity contribution in [3.8, 4) is 5.75 Å². The summed E-state index contributed by atoms with van der Waals surface area (Å²) in [5.41, 5.74) is 0.211. The topological polar surface area (TPSA) is 87.1 Å². The van der Waals surface area contributed by atoms with Crippen LogP contribution in [0, 0.1) is 5.82 Å². The molecular weight excluding hydrogens is 257 g/mol. The van der Waals surface area contributed by atoms with E-state index in [1.54, 1.807) is 0 Å². The molecule has 0 atom stereocenters. The summed E-state index contributed by atoms with van der Waals surface area (Å²) in [6.45, 7) is -1.05. The monoisotopic (exact) mass is 271 g/mol. The van der Waals surface area contributed by atoms with E-state index in [1.807, 2.05) is 0 Å². The van der Waals surface area contributed by atoms with Crippen molar-refractivity contribution in [2.75, 3.05) is 20.2 Å². The highest BCUT2D eigenvalue weighted by atomic mass is 19.1. The number of benzene rings is 1. The number of carboxylic acids is 2. The molecule has 0 bridgehead atoms. The molecule has 0 saturated heterocycles. The molecule has 0 aromatic heterocycles. The van der Waals surface area contributed by atoms with Crippen molar-refractivity contribution in [1.29, 1.82) is 0 Å². The molecule has 0 spiro atoms. The van der Waals surface area contributed by atoms with Crippen LogP contribution in [0.2, 0.25) is 0 Å². The Hall–Kier alpha value is -2.15. The van der Waals surface area contributed by atoms with Crippen LogP contribution in [0.25, 0.3) is 0 Å². The summed E-state index contributed by atoms with van der Waals surface area (Å²) in [7, 11) is 1.40. The first kappa shape index (κ1) is 14.9. The van der Waals surface area contributed by atoms with E-state index in [9.17, 15) is 14.0 Å². The van der Waals surface area contributed by atoms with Crippen LogP contribution in [0.5, 0.6) is 5.75 Å². The standard InChI is InChI=1S/C12H14FNO5/c1-19-9-3-2-8(10(13)4-9)5-14(6-11(15)16)7-12(17)18/h2-4H,5-7H2,1H3,(H,15,16)(H,17,18). The molecule has 104 valence electrons. The van der Waals surface area contributed by atoms with Crippen molar-refractivity contribution >= 4 is 11.9 Å². The predicted octanol–water partition coefficient (Wildman–Crippen LogP) is 0.805. The number of rotatable bonds is 7. The van der Waals surface area contributed by atoms with Gasteiger partial charge in [0.25, 0.3) is 0 Å². The largest absolute Gasteiger partial charge is 0.497 e. The van der Waals surface area contributed by atoms with E-state index in [0.29, 0.717) is 5.75 Å². The van der Waals surface area contributed by atoms with E-state index in [0.717, 1.165) is 11.0 Å². The number of aliphatic carboxylic acids is 2. The molecule has 0 amide bonds. The third-order valence-electron chi connectivity index (χ3n) is 2.37. The van der Waals surface area contributed by atoms with Gasteiger partial charge < -0.3 is 14.9 Å². The summed E-state index contributed by atoms with van der Waals surface area (Å²) in [5.74, 6) is -2.57. The van der Waals surface area contributed by atoms with Gasteiger partial charge in [0.05, 0.1) is 20.2 Å². The maximum atomic E-state index is 13.7. The highest BCUT2D eigenvalue weighted by Crippen LogP contribution is 2.17. The number of ether oxygens (including phenoxy) is 1.